The van der Waals surface area contributed by atoms with Gasteiger partial charge in [0.25, 0.3) is 0 Å². The average molecular weight is 222 g/mol. The Morgan fingerprint density at radius 1 is 1.14 bits per heavy atom. The number of sulfonamides is 1. The number of nitrogens with two attached hydrogens (primary N) is 1. The van der Waals surface area contributed by atoms with Crippen LogP contribution in [-0.4, -0.2) is 37.7 Å². The summed E-state index contributed by atoms with van der Waals surface area (Å²) in [6.45, 7) is 9.22. The molecule has 0 unspecified atom stereocenters. The smallest absolute Gasteiger partial charge is 0.209 e. The summed E-state index contributed by atoms with van der Waals surface area (Å²) in [5.41, 5.74) is 0. The first kappa shape index (κ1) is 13.9. The minimum atomic E-state index is -3.30. The molecule has 0 saturated carbocycles. The fraction of sp³-hybridized carbons (Fsp3) is 1.00. The van der Waals surface area contributed by atoms with Crippen LogP contribution in [0.25, 0.3) is 0 Å². The minimum Gasteiger partial charge on any atom is -0.299 e. The molecule has 0 aromatic heterocycles. The second-order valence-corrected chi connectivity index (χ2v) is 5.88. The average Bonchev–Trinajstić information content (AvgIpc) is 1.94. The van der Waals surface area contributed by atoms with Crippen molar-refractivity contribution in [2.24, 2.45) is 5.14 Å². The third-order valence-electron chi connectivity index (χ3n) is 2.17. The molecule has 0 saturated heterocycles. The van der Waals surface area contributed by atoms with E-state index in [0.717, 1.165) is 6.54 Å². The van der Waals surface area contributed by atoms with E-state index in [1.165, 1.54) is 0 Å². The second-order valence-electron chi connectivity index (χ2n) is 4.15. The fourth-order valence-electron chi connectivity index (χ4n) is 1.56. The molecular weight excluding hydrogens is 200 g/mol. The molecule has 0 aromatic carbocycles. The van der Waals surface area contributed by atoms with Gasteiger partial charge in [-0.2, -0.15) is 0 Å². The Kier molecular flexibility index (Phi) is 5.63. The highest BCUT2D eigenvalue weighted by Crippen LogP contribution is 2.05. The highest BCUT2D eigenvalue weighted by atomic mass is 32.2. The maximum Gasteiger partial charge on any atom is 0.209 e. The van der Waals surface area contributed by atoms with Gasteiger partial charge in [-0.05, 0) is 40.7 Å². The van der Waals surface area contributed by atoms with Crippen molar-refractivity contribution in [1.29, 1.82) is 0 Å². The van der Waals surface area contributed by atoms with Gasteiger partial charge in [0.15, 0.2) is 0 Å². The zero-order chi connectivity index (χ0) is 11.4. The van der Waals surface area contributed by atoms with Gasteiger partial charge in [-0.1, -0.05) is 0 Å². The summed E-state index contributed by atoms with van der Waals surface area (Å²) in [7, 11) is -3.30. The molecular formula is C9H22N2O2S. The van der Waals surface area contributed by atoms with Crippen molar-refractivity contribution in [3.05, 3.63) is 0 Å². The topological polar surface area (TPSA) is 63.4 Å². The van der Waals surface area contributed by atoms with Crippen molar-refractivity contribution in [2.45, 2.75) is 46.2 Å². The second kappa shape index (κ2) is 5.68. The van der Waals surface area contributed by atoms with Crippen LogP contribution in [0.4, 0.5) is 0 Å². The molecule has 0 aromatic rings. The number of hydrogen-bond donors (Lipinski definition) is 1. The number of hydrogen-bond acceptors (Lipinski definition) is 3. The maximum absolute atomic E-state index is 10.7. The van der Waals surface area contributed by atoms with Crippen LogP contribution in [0.2, 0.25) is 0 Å². The summed E-state index contributed by atoms with van der Waals surface area (Å²) in [6, 6.07) is 0.881. The lowest BCUT2D eigenvalue weighted by atomic mass is 10.2. The van der Waals surface area contributed by atoms with Crippen molar-refractivity contribution in [3.63, 3.8) is 0 Å². The highest BCUT2D eigenvalue weighted by molar-refractivity contribution is 7.89. The SMILES string of the molecule is CC(C)N(CCCS(N)(=O)=O)C(C)C. The molecule has 0 spiro atoms. The molecule has 0 amide bonds. The number of primary sulfonamides is 1. The van der Waals surface area contributed by atoms with Crippen molar-refractivity contribution >= 4 is 10.0 Å². The highest BCUT2D eigenvalue weighted by Gasteiger charge is 2.13. The minimum absolute atomic E-state index is 0.0724. The van der Waals surface area contributed by atoms with Crippen molar-refractivity contribution in [2.75, 3.05) is 12.3 Å². The van der Waals surface area contributed by atoms with Gasteiger partial charge in [0, 0.05) is 12.1 Å². The van der Waals surface area contributed by atoms with E-state index in [9.17, 15) is 8.42 Å². The van der Waals surface area contributed by atoms with E-state index in [2.05, 4.69) is 32.6 Å². The molecule has 0 bridgehead atoms. The number of nitrogens with zero attached hydrogens (tertiary/aromatic N) is 1. The molecule has 0 aliphatic carbocycles. The lowest BCUT2D eigenvalue weighted by Gasteiger charge is -2.30. The van der Waals surface area contributed by atoms with E-state index in [1.54, 1.807) is 0 Å². The van der Waals surface area contributed by atoms with E-state index < -0.39 is 10.0 Å². The van der Waals surface area contributed by atoms with Crippen molar-refractivity contribution in [3.8, 4) is 0 Å². The van der Waals surface area contributed by atoms with Crippen LogP contribution in [0, 0.1) is 0 Å². The molecule has 0 aliphatic rings. The van der Waals surface area contributed by atoms with E-state index >= 15 is 0 Å². The molecule has 5 heteroatoms. The van der Waals surface area contributed by atoms with Gasteiger partial charge in [-0.3, -0.25) is 4.90 Å². The molecule has 0 rings (SSSR count). The quantitative estimate of drug-likeness (QED) is 0.722. The zero-order valence-corrected chi connectivity index (χ0v) is 10.3. The van der Waals surface area contributed by atoms with Crippen LogP contribution in [-0.2, 0) is 10.0 Å². The van der Waals surface area contributed by atoms with Crippen LogP contribution in [0.15, 0.2) is 0 Å². The standard InChI is InChI=1S/C9H22N2O2S/c1-8(2)11(9(3)4)6-5-7-14(10,12)13/h8-9H,5-7H2,1-4H3,(H2,10,12,13). The zero-order valence-electron chi connectivity index (χ0n) is 9.53. The molecule has 4 nitrogen and oxygen atoms in total. The van der Waals surface area contributed by atoms with Crippen LogP contribution < -0.4 is 5.14 Å². The first-order valence-corrected chi connectivity index (χ1v) is 6.72. The van der Waals surface area contributed by atoms with Gasteiger partial charge in [0.1, 0.15) is 0 Å². The van der Waals surface area contributed by atoms with Gasteiger partial charge in [0.2, 0.25) is 10.0 Å². The lowest BCUT2D eigenvalue weighted by Crippen LogP contribution is -2.38. The molecule has 86 valence electrons. The van der Waals surface area contributed by atoms with Gasteiger partial charge in [0.05, 0.1) is 5.75 Å². The first-order valence-electron chi connectivity index (χ1n) is 5.00. The Morgan fingerprint density at radius 2 is 1.57 bits per heavy atom. The van der Waals surface area contributed by atoms with Crippen molar-refractivity contribution in [1.82, 2.24) is 4.90 Å². The Bertz CT molecular complexity index is 240. The van der Waals surface area contributed by atoms with Gasteiger partial charge >= 0.3 is 0 Å². The van der Waals surface area contributed by atoms with Crippen LogP contribution in [0.1, 0.15) is 34.1 Å². The largest absolute Gasteiger partial charge is 0.299 e. The van der Waals surface area contributed by atoms with E-state index in [-0.39, 0.29) is 5.75 Å². The molecule has 14 heavy (non-hydrogen) atoms. The number of rotatable bonds is 6. The third-order valence-corrected chi connectivity index (χ3v) is 3.03. The summed E-state index contributed by atoms with van der Waals surface area (Å²) < 4.78 is 21.4. The maximum atomic E-state index is 10.7. The van der Waals surface area contributed by atoms with Crippen molar-refractivity contribution < 1.29 is 8.42 Å². The van der Waals surface area contributed by atoms with Gasteiger partial charge in [-0.25, -0.2) is 13.6 Å². The monoisotopic (exact) mass is 222 g/mol. The first-order chi connectivity index (χ1) is 6.24. The van der Waals surface area contributed by atoms with Gasteiger partial charge in [-0.15, -0.1) is 0 Å². The summed E-state index contributed by atoms with van der Waals surface area (Å²) >= 11 is 0. The Balaban J connectivity index is 3.96. The van der Waals surface area contributed by atoms with Gasteiger partial charge < -0.3 is 0 Å². The normalized spacial score (nSPS) is 13.1. The van der Waals surface area contributed by atoms with E-state index in [4.69, 9.17) is 5.14 Å². The van der Waals surface area contributed by atoms with Crippen LogP contribution in [0.5, 0.6) is 0 Å². The molecule has 0 radical (unpaired) electrons. The summed E-state index contributed by atoms with van der Waals surface area (Å²) in [6.07, 6.45) is 0.606. The Morgan fingerprint density at radius 3 is 1.86 bits per heavy atom. The van der Waals surface area contributed by atoms with E-state index in [0.29, 0.717) is 18.5 Å². The molecule has 0 fully saturated rings. The molecule has 2 N–H and O–H groups in total. The van der Waals surface area contributed by atoms with Crippen LogP contribution >= 0.6 is 0 Å². The Hall–Kier alpha value is -0.130. The lowest BCUT2D eigenvalue weighted by molar-refractivity contribution is 0.176. The molecule has 0 atom stereocenters. The Labute approximate surface area is 87.5 Å². The summed E-state index contributed by atoms with van der Waals surface area (Å²) in [5.74, 6) is 0.0724. The summed E-state index contributed by atoms with van der Waals surface area (Å²) in [5, 5.41) is 4.93. The molecule has 0 heterocycles. The predicted octanol–water partition coefficient (Wildman–Crippen LogP) is 0.784. The molecule has 0 aliphatic heterocycles. The summed E-state index contributed by atoms with van der Waals surface area (Å²) in [4.78, 5) is 2.26. The van der Waals surface area contributed by atoms with Crippen LogP contribution in [0.3, 0.4) is 0 Å². The van der Waals surface area contributed by atoms with E-state index in [1.807, 2.05) is 0 Å². The predicted molar refractivity (Wildman–Crippen MR) is 59.6 cm³/mol. The fourth-order valence-corrected chi connectivity index (χ4v) is 2.09. The third kappa shape index (κ3) is 6.34.